The number of carbonyl (C=O) groups excluding carboxylic acids is 4. The van der Waals surface area contributed by atoms with E-state index in [1.807, 2.05) is 4.90 Å². The van der Waals surface area contributed by atoms with Crippen molar-refractivity contribution < 1.29 is 52.3 Å². The SMILES string of the molecule is CCCCCCCCCCCCCCCCCCN(CCOC1(C)O[C@H]2O[C@H](COC(C)=O)[C@H](OC(C)=O)[C@H](OC(C)=O)[C@H]2O1)C(=O)CCCCCCCCCCCCCCCCC. The first-order valence-electron chi connectivity index (χ1n) is 26.4. The third-order valence-corrected chi connectivity index (χ3v) is 12.7. The van der Waals surface area contributed by atoms with Crippen LogP contribution in [0.1, 0.15) is 247 Å². The van der Waals surface area contributed by atoms with Crippen LogP contribution in [0.2, 0.25) is 0 Å². The molecule has 12 nitrogen and oxygen atoms in total. The second-order valence-electron chi connectivity index (χ2n) is 18.8. The summed E-state index contributed by atoms with van der Waals surface area (Å²) in [4.78, 5) is 51.5. The minimum atomic E-state index is -1.61. The largest absolute Gasteiger partial charge is 0.463 e. The predicted molar refractivity (Wildman–Crippen MR) is 252 cm³/mol. The molecular formula is C52H95NO11. The summed E-state index contributed by atoms with van der Waals surface area (Å²) < 4.78 is 40.8. The van der Waals surface area contributed by atoms with Crippen molar-refractivity contribution in [1.29, 1.82) is 0 Å². The van der Waals surface area contributed by atoms with Crippen LogP contribution in [-0.2, 0) is 52.3 Å². The average Bonchev–Trinajstić information content (AvgIpc) is 3.59. The Morgan fingerprint density at radius 1 is 0.500 bits per heavy atom. The number of fused-ring (bicyclic) bond motifs is 1. The van der Waals surface area contributed by atoms with E-state index >= 15 is 0 Å². The molecule has 0 radical (unpaired) electrons. The molecule has 2 saturated heterocycles. The van der Waals surface area contributed by atoms with Crippen LogP contribution in [0.25, 0.3) is 0 Å². The van der Waals surface area contributed by atoms with Crippen LogP contribution in [0.3, 0.4) is 0 Å². The standard InChI is InChI=1S/C52H95NO11/c1-7-9-11-13-15-17-19-21-23-25-27-29-31-33-35-37-39-53(47(57)38-36-34-32-30-28-26-24-22-20-18-16-14-12-10-8-2)40-41-59-52(6)63-50-49(61-45(5)56)48(60-44(4)55)46(42-58-43(3)54)62-51(50)64-52/h46,48-51H,7-42H2,1-6H3/t46-,48+,49+,50-,51-,52?/m1/s1. The molecule has 0 bridgehead atoms. The van der Waals surface area contributed by atoms with Crippen molar-refractivity contribution in [3.8, 4) is 0 Å². The second-order valence-corrected chi connectivity index (χ2v) is 18.8. The summed E-state index contributed by atoms with van der Waals surface area (Å²) in [7, 11) is 0. The summed E-state index contributed by atoms with van der Waals surface area (Å²) in [6, 6.07) is 0. The van der Waals surface area contributed by atoms with Gasteiger partial charge in [-0.2, -0.15) is 0 Å². The highest BCUT2D eigenvalue weighted by molar-refractivity contribution is 5.76. The van der Waals surface area contributed by atoms with Gasteiger partial charge in [0, 0.05) is 47.2 Å². The van der Waals surface area contributed by atoms with Gasteiger partial charge in [0.05, 0.1) is 6.61 Å². The molecule has 0 saturated carbocycles. The molecule has 374 valence electrons. The Hall–Kier alpha value is -2.28. The van der Waals surface area contributed by atoms with Gasteiger partial charge < -0.3 is 33.3 Å². The molecule has 2 rings (SSSR count). The smallest absolute Gasteiger partial charge is 0.303 e. The van der Waals surface area contributed by atoms with Crippen LogP contribution in [0, 0.1) is 0 Å². The number of esters is 3. The number of nitrogens with zero attached hydrogens (tertiary/aromatic N) is 1. The van der Waals surface area contributed by atoms with Crippen LogP contribution < -0.4 is 0 Å². The second kappa shape index (κ2) is 36.8. The van der Waals surface area contributed by atoms with E-state index in [1.54, 1.807) is 6.92 Å². The van der Waals surface area contributed by atoms with Crippen molar-refractivity contribution in [2.24, 2.45) is 0 Å². The third kappa shape index (κ3) is 27.4. The molecule has 6 atom stereocenters. The first kappa shape index (κ1) is 57.8. The molecule has 2 aliphatic heterocycles. The van der Waals surface area contributed by atoms with Crippen molar-refractivity contribution in [3.05, 3.63) is 0 Å². The van der Waals surface area contributed by atoms with Crippen LogP contribution in [0.5, 0.6) is 0 Å². The lowest BCUT2D eigenvalue weighted by molar-refractivity contribution is -0.344. The summed E-state index contributed by atoms with van der Waals surface area (Å²) in [5.74, 6) is -3.27. The van der Waals surface area contributed by atoms with Crippen molar-refractivity contribution in [3.63, 3.8) is 0 Å². The van der Waals surface area contributed by atoms with Gasteiger partial charge in [-0.1, -0.05) is 200 Å². The van der Waals surface area contributed by atoms with Crippen LogP contribution in [-0.4, -0.2) is 91.7 Å². The number of carbonyl (C=O) groups is 4. The number of ether oxygens (including phenoxy) is 7. The minimum absolute atomic E-state index is 0.141. The Bertz CT molecular complexity index is 1220. The number of amides is 1. The molecule has 0 spiro atoms. The molecule has 2 fully saturated rings. The van der Waals surface area contributed by atoms with Gasteiger partial charge in [-0.3, -0.25) is 23.9 Å². The van der Waals surface area contributed by atoms with E-state index in [0.717, 1.165) is 25.7 Å². The topological polar surface area (TPSA) is 136 Å². The van der Waals surface area contributed by atoms with Gasteiger partial charge in [-0.05, 0) is 12.8 Å². The van der Waals surface area contributed by atoms with Crippen molar-refractivity contribution in [2.75, 3.05) is 26.3 Å². The molecule has 0 aromatic carbocycles. The molecule has 0 aromatic heterocycles. The molecule has 64 heavy (non-hydrogen) atoms. The normalized spacial score (nSPS) is 21.7. The minimum Gasteiger partial charge on any atom is -0.463 e. The Balaban J connectivity index is 1.83. The number of unbranched alkanes of at least 4 members (excludes halogenated alkanes) is 29. The molecule has 2 heterocycles. The van der Waals surface area contributed by atoms with Crippen molar-refractivity contribution >= 4 is 23.8 Å². The Morgan fingerprint density at radius 3 is 1.33 bits per heavy atom. The van der Waals surface area contributed by atoms with E-state index in [4.69, 9.17) is 33.2 Å². The molecule has 1 amide bonds. The van der Waals surface area contributed by atoms with E-state index in [0.29, 0.717) is 19.5 Å². The maximum Gasteiger partial charge on any atom is 0.303 e. The Morgan fingerprint density at radius 2 is 0.906 bits per heavy atom. The monoisotopic (exact) mass is 910 g/mol. The molecule has 1 unspecified atom stereocenters. The van der Waals surface area contributed by atoms with Crippen LogP contribution in [0.15, 0.2) is 0 Å². The summed E-state index contributed by atoms with van der Waals surface area (Å²) in [6.45, 7) is 10.8. The van der Waals surface area contributed by atoms with Crippen LogP contribution >= 0.6 is 0 Å². The number of rotatable bonds is 41. The van der Waals surface area contributed by atoms with Gasteiger partial charge in [0.1, 0.15) is 12.7 Å². The zero-order valence-corrected chi connectivity index (χ0v) is 41.8. The van der Waals surface area contributed by atoms with Gasteiger partial charge in [-0.25, -0.2) is 0 Å². The van der Waals surface area contributed by atoms with Gasteiger partial charge in [0.15, 0.2) is 24.6 Å². The van der Waals surface area contributed by atoms with Crippen molar-refractivity contribution in [2.45, 2.75) is 284 Å². The maximum absolute atomic E-state index is 13.7. The zero-order chi connectivity index (χ0) is 46.7. The van der Waals surface area contributed by atoms with Gasteiger partial charge in [0.2, 0.25) is 5.91 Å². The number of hydrogen-bond acceptors (Lipinski definition) is 11. The number of hydrogen-bond donors (Lipinski definition) is 0. The molecule has 0 aromatic rings. The third-order valence-electron chi connectivity index (χ3n) is 12.7. The molecule has 0 N–H and O–H groups in total. The molecular weight excluding hydrogens is 815 g/mol. The van der Waals surface area contributed by atoms with E-state index in [1.165, 1.54) is 194 Å². The fourth-order valence-electron chi connectivity index (χ4n) is 9.00. The summed E-state index contributed by atoms with van der Waals surface area (Å²) >= 11 is 0. The van der Waals surface area contributed by atoms with Gasteiger partial charge in [-0.15, -0.1) is 0 Å². The summed E-state index contributed by atoms with van der Waals surface area (Å²) in [6.07, 6.45) is 35.2. The lowest BCUT2D eigenvalue weighted by atomic mass is 9.98. The van der Waals surface area contributed by atoms with E-state index < -0.39 is 54.6 Å². The molecule has 12 heteroatoms. The van der Waals surface area contributed by atoms with E-state index in [-0.39, 0.29) is 19.1 Å². The average molecular weight is 910 g/mol. The first-order chi connectivity index (χ1) is 31.0. The Kier molecular flexibility index (Phi) is 33.3. The van der Waals surface area contributed by atoms with Crippen LogP contribution in [0.4, 0.5) is 0 Å². The Labute approximate surface area is 390 Å². The highest BCUT2D eigenvalue weighted by Crippen LogP contribution is 2.39. The maximum atomic E-state index is 13.7. The fourth-order valence-corrected chi connectivity index (χ4v) is 9.00. The molecule has 0 aliphatic carbocycles. The summed E-state index contributed by atoms with van der Waals surface area (Å²) in [5.41, 5.74) is 0. The summed E-state index contributed by atoms with van der Waals surface area (Å²) in [5, 5.41) is 0. The van der Waals surface area contributed by atoms with Gasteiger partial charge in [0.25, 0.3) is 5.97 Å². The first-order valence-corrected chi connectivity index (χ1v) is 26.4. The van der Waals surface area contributed by atoms with Gasteiger partial charge >= 0.3 is 17.9 Å². The highest BCUT2D eigenvalue weighted by atomic mass is 16.9. The fraction of sp³-hybridized carbons (Fsp3) is 0.923. The highest BCUT2D eigenvalue weighted by Gasteiger charge is 2.59. The quantitative estimate of drug-likeness (QED) is 0.0329. The lowest BCUT2D eigenvalue weighted by Gasteiger charge is -2.40. The lowest BCUT2D eigenvalue weighted by Crippen LogP contribution is -2.60. The van der Waals surface area contributed by atoms with E-state index in [2.05, 4.69) is 13.8 Å². The van der Waals surface area contributed by atoms with E-state index in [9.17, 15) is 19.2 Å². The molecule has 2 aliphatic rings. The van der Waals surface area contributed by atoms with Crippen molar-refractivity contribution in [1.82, 2.24) is 4.90 Å². The predicted octanol–water partition coefficient (Wildman–Crippen LogP) is 12.6. The zero-order valence-electron chi connectivity index (χ0n) is 41.8.